The van der Waals surface area contributed by atoms with Gasteiger partial charge in [0, 0.05) is 6.42 Å². The molecule has 1 heterocycles. The Hall–Kier alpha value is -0.330. The van der Waals surface area contributed by atoms with Crippen molar-refractivity contribution >= 4 is 28.2 Å². The third kappa shape index (κ3) is 7.45. The number of halogens is 1. The molecule has 1 aliphatic rings. The fraction of sp³-hybridized carbons (Fsp3) is 0.923. The lowest BCUT2D eigenvalue weighted by Crippen LogP contribution is -2.31. The van der Waals surface area contributed by atoms with Gasteiger partial charge in [-0.3, -0.25) is 4.79 Å². The maximum Gasteiger partial charge on any atom is 0.306 e. The molecule has 2 N–H and O–H groups in total. The first-order valence-corrected chi connectivity index (χ1v) is 8.74. The van der Waals surface area contributed by atoms with Gasteiger partial charge in [-0.25, -0.2) is 8.42 Å². The van der Waals surface area contributed by atoms with E-state index in [1.165, 1.54) is 0 Å². The number of hydrogen-bond acceptors (Lipinski definition) is 5. The number of carbonyl (C=O) groups excluding carboxylic acids is 1. The van der Waals surface area contributed by atoms with Crippen LogP contribution in [0.4, 0.5) is 0 Å². The molecule has 1 saturated heterocycles. The molecule has 0 aromatic rings. The van der Waals surface area contributed by atoms with Crippen molar-refractivity contribution in [2.75, 3.05) is 18.1 Å². The minimum absolute atomic E-state index is 0. The molecule has 1 rings (SSSR count). The van der Waals surface area contributed by atoms with E-state index in [1.54, 1.807) is 0 Å². The van der Waals surface area contributed by atoms with Gasteiger partial charge >= 0.3 is 5.97 Å². The predicted octanol–water partition coefficient (Wildman–Crippen LogP) is 1.54. The first-order chi connectivity index (χ1) is 8.82. The molecule has 20 heavy (non-hydrogen) atoms. The molecular formula is C13H26ClNO4S. The van der Waals surface area contributed by atoms with Crippen LogP contribution in [0.3, 0.4) is 0 Å². The molecule has 0 radical (unpaired) electrons. The van der Waals surface area contributed by atoms with Crippen LogP contribution in [-0.2, 0) is 19.4 Å². The van der Waals surface area contributed by atoms with Gasteiger partial charge in [0.25, 0.3) is 0 Å². The molecule has 5 nitrogen and oxygen atoms in total. The fourth-order valence-corrected chi connectivity index (χ4v) is 3.83. The molecule has 0 amide bonds. The highest BCUT2D eigenvalue weighted by Crippen LogP contribution is 2.19. The normalized spacial score (nSPS) is 20.2. The average molecular weight is 328 g/mol. The summed E-state index contributed by atoms with van der Waals surface area (Å²) in [4.78, 5) is 11.8. The van der Waals surface area contributed by atoms with E-state index in [4.69, 9.17) is 10.5 Å². The van der Waals surface area contributed by atoms with E-state index in [-0.39, 0.29) is 41.9 Å². The Morgan fingerprint density at radius 3 is 2.30 bits per heavy atom. The summed E-state index contributed by atoms with van der Waals surface area (Å²) in [6.45, 7) is 4.67. The van der Waals surface area contributed by atoms with Crippen LogP contribution in [0.5, 0.6) is 0 Å². The molecule has 1 aliphatic heterocycles. The summed E-state index contributed by atoms with van der Waals surface area (Å²) in [6.07, 6.45) is 1.84. The molecular weight excluding hydrogens is 302 g/mol. The van der Waals surface area contributed by atoms with E-state index < -0.39 is 9.84 Å². The Balaban J connectivity index is 0.00000361. The van der Waals surface area contributed by atoms with Gasteiger partial charge in [0.2, 0.25) is 0 Å². The van der Waals surface area contributed by atoms with Crippen molar-refractivity contribution in [3.8, 4) is 0 Å². The fourth-order valence-electron chi connectivity index (χ4n) is 2.39. The van der Waals surface area contributed by atoms with Gasteiger partial charge in [0.1, 0.15) is 6.10 Å². The number of hydrogen-bond donors (Lipinski definition) is 1. The quantitative estimate of drug-likeness (QED) is 0.748. The zero-order valence-electron chi connectivity index (χ0n) is 12.2. The smallest absolute Gasteiger partial charge is 0.306 e. The lowest BCUT2D eigenvalue weighted by Gasteiger charge is -2.23. The van der Waals surface area contributed by atoms with Crippen molar-refractivity contribution in [1.82, 2.24) is 0 Å². The van der Waals surface area contributed by atoms with E-state index in [0.29, 0.717) is 31.7 Å². The topological polar surface area (TPSA) is 86.5 Å². The first kappa shape index (κ1) is 19.7. The van der Waals surface area contributed by atoms with Crippen LogP contribution < -0.4 is 5.73 Å². The maximum absolute atomic E-state index is 11.8. The maximum atomic E-state index is 11.8. The average Bonchev–Trinajstić information content (AvgIpc) is 2.30. The Kier molecular flexibility index (Phi) is 8.70. The SMILES string of the molecule is CC(C)C[C@H](CN)CC(=O)OC1CCS(=O)(=O)CC1.Cl. The third-order valence-corrected chi connectivity index (χ3v) is 5.11. The van der Waals surface area contributed by atoms with E-state index >= 15 is 0 Å². The minimum atomic E-state index is -2.91. The van der Waals surface area contributed by atoms with Crippen LogP contribution in [0, 0.1) is 11.8 Å². The molecule has 1 atom stereocenters. The number of esters is 1. The molecule has 7 heteroatoms. The Morgan fingerprint density at radius 2 is 1.85 bits per heavy atom. The van der Waals surface area contributed by atoms with Crippen LogP contribution in [0.15, 0.2) is 0 Å². The van der Waals surface area contributed by atoms with Gasteiger partial charge < -0.3 is 10.5 Å². The number of nitrogens with two attached hydrogens (primary N) is 1. The standard InChI is InChI=1S/C13H25NO4S.ClH/c1-10(2)7-11(9-14)8-13(15)18-12-3-5-19(16,17)6-4-12;/h10-12H,3-9,14H2,1-2H3;1H/t11-;/m0./s1. The minimum Gasteiger partial charge on any atom is -0.462 e. The van der Waals surface area contributed by atoms with Crippen molar-refractivity contribution in [3.05, 3.63) is 0 Å². The second-order valence-corrected chi connectivity index (χ2v) is 8.08. The molecule has 0 saturated carbocycles. The van der Waals surface area contributed by atoms with Crippen LogP contribution in [0.1, 0.15) is 39.5 Å². The van der Waals surface area contributed by atoms with Gasteiger partial charge in [-0.1, -0.05) is 13.8 Å². The zero-order chi connectivity index (χ0) is 14.5. The highest BCUT2D eigenvalue weighted by Gasteiger charge is 2.26. The molecule has 0 aromatic carbocycles. The van der Waals surface area contributed by atoms with Gasteiger partial charge in [0.15, 0.2) is 9.84 Å². The molecule has 0 aliphatic carbocycles. The highest BCUT2D eigenvalue weighted by atomic mass is 35.5. The lowest BCUT2D eigenvalue weighted by molar-refractivity contribution is -0.150. The molecule has 1 fully saturated rings. The Morgan fingerprint density at radius 1 is 1.30 bits per heavy atom. The van der Waals surface area contributed by atoms with Crippen molar-refractivity contribution < 1.29 is 17.9 Å². The monoisotopic (exact) mass is 327 g/mol. The van der Waals surface area contributed by atoms with Crippen molar-refractivity contribution in [3.63, 3.8) is 0 Å². The number of carbonyl (C=O) groups is 1. The Labute approximate surface area is 128 Å². The van der Waals surface area contributed by atoms with Gasteiger partial charge in [-0.05, 0) is 37.6 Å². The van der Waals surface area contributed by atoms with E-state index in [9.17, 15) is 13.2 Å². The van der Waals surface area contributed by atoms with E-state index in [0.717, 1.165) is 6.42 Å². The summed E-state index contributed by atoms with van der Waals surface area (Å²) < 4.78 is 27.9. The van der Waals surface area contributed by atoms with Crippen LogP contribution in [0.25, 0.3) is 0 Å². The molecule has 0 aromatic heterocycles. The van der Waals surface area contributed by atoms with E-state index in [1.807, 2.05) is 0 Å². The molecule has 0 spiro atoms. The number of sulfone groups is 1. The van der Waals surface area contributed by atoms with Gasteiger partial charge in [0.05, 0.1) is 11.5 Å². The van der Waals surface area contributed by atoms with Gasteiger partial charge in [-0.15, -0.1) is 12.4 Å². The molecule has 120 valence electrons. The summed E-state index contributed by atoms with van der Waals surface area (Å²) in [5.74, 6) is 0.649. The van der Waals surface area contributed by atoms with Crippen LogP contribution in [-0.4, -0.2) is 38.5 Å². The van der Waals surface area contributed by atoms with Crippen LogP contribution >= 0.6 is 12.4 Å². The van der Waals surface area contributed by atoms with Crippen molar-refractivity contribution in [1.29, 1.82) is 0 Å². The number of ether oxygens (including phenoxy) is 1. The summed E-state index contributed by atoms with van der Waals surface area (Å²) in [6, 6.07) is 0. The highest BCUT2D eigenvalue weighted by molar-refractivity contribution is 7.91. The Bertz CT molecular complexity index is 383. The summed E-state index contributed by atoms with van der Waals surface area (Å²) >= 11 is 0. The predicted molar refractivity (Wildman–Crippen MR) is 81.6 cm³/mol. The summed E-state index contributed by atoms with van der Waals surface area (Å²) in [7, 11) is -2.91. The van der Waals surface area contributed by atoms with Crippen molar-refractivity contribution in [2.45, 2.75) is 45.6 Å². The zero-order valence-corrected chi connectivity index (χ0v) is 13.8. The lowest BCUT2D eigenvalue weighted by atomic mass is 9.94. The second kappa shape index (κ2) is 8.85. The van der Waals surface area contributed by atoms with E-state index in [2.05, 4.69) is 13.8 Å². The third-order valence-electron chi connectivity index (χ3n) is 3.39. The summed E-state index contributed by atoms with van der Waals surface area (Å²) in [5, 5.41) is 0. The van der Waals surface area contributed by atoms with Crippen LogP contribution in [0.2, 0.25) is 0 Å². The van der Waals surface area contributed by atoms with Gasteiger partial charge in [-0.2, -0.15) is 0 Å². The number of rotatable bonds is 6. The second-order valence-electron chi connectivity index (χ2n) is 5.78. The molecule has 0 unspecified atom stereocenters. The largest absolute Gasteiger partial charge is 0.462 e. The van der Waals surface area contributed by atoms with Crippen molar-refractivity contribution in [2.24, 2.45) is 17.6 Å². The summed E-state index contributed by atoms with van der Waals surface area (Å²) in [5.41, 5.74) is 5.65. The first-order valence-electron chi connectivity index (χ1n) is 6.92. The molecule has 0 bridgehead atoms.